The van der Waals surface area contributed by atoms with E-state index < -0.39 is 0 Å². The van der Waals surface area contributed by atoms with E-state index in [1.54, 1.807) is 0 Å². The minimum Gasteiger partial charge on any atom is -0.493 e. The highest BCUT2D eigenvalue weighted by Gasteiger charge is 2.44. The number of rotatable bonds is 5. The van der Waals surface area contributed by atoms with Crippen molar-refractivity contribution in [1.29, 1.82) is 0 Å². The number of aryl methyl sites for hydroxylation is 1. The van der Waals surface area contributed by atoms with Crippen LogP contribution < -0.4 is 10.1 Å². The van der Waals surface area contributed by atoms with E-state index in [0.29, 0.717) is 0 Å². The Bertz CT molecular complexity index is 450. The van der Waals surface area contributed by atoms with Gasteiger partial charge in [-0.25, -0.2) is 0 Å². The topological polar surface area (TPSA) is 38.3 Å². The van der Waals surface area contributed by atoms with Gasteiger partial charge in [-0.2, -0.15) is 0 Å². The van der Waals surface area contributed by atoms with Crippen LogP contribution in [0, 0.1) is 12.3 Å². The Kier molecular flexibility index (Phi) is 3.60. The quantitative estimate of drug-likeness (QED) is 0.864. The van der Waals surface area contributed by atoms with E-state index in [0.717, 1.165) is 42.9 Å². The molecule has 98 valence electrons. The summed E-state index contributed by atoms with van der Waals surface area (Å²) in [6.07, 6.45) is 2.99. The summed E-state index contributed by atoms with van der Waals surface area (Å²) in [4.78, 5) is 11.9. The number of hydrogen-bond acceptors (Lipinski definition) is 2. The van der Waals surface area contributed by atoms with Crippen molar-refractivity contribution in [3.63, 3.8) is 0 Å². The van der Waals surface area contributed by atoms with Crippen molar-refractivity contribution in [2.24, 2.45) is 5.41 Å². The third-order valence-corrected chi connectivity index (χ3v) is 3.44. The van der Waals surface area contributed by atoms with Crippen LogP contribution in [0.1, 0.15) is 38.7 Å². The van der Waals surface area contributed by atoms with Crippen LogP contribution in [0.15, 0.2) is 18.2 Å². The molecule has 1 amide bonds. The predicted octanol–water partition coefficient (Wildman–Crippen LogP) is 3.52. The highest BCUT2D eigenvalue weighted by molar-refractivity contribution is 5.96. The Morgan fingerprint density at radius 1 is 1.44 bits per heavy atom. The molecular weight excluding hydrogens is 226 g/mol. The molecule has 0 atom stereocenters. The zero-order valence-corrected chi connectivity index (χ0v) is 11.4. The molecule has 0 saturated heterocycles. The molecule has 3 heteroatoms. The van der Waals surface area contributed by atoms with Gasteiger partial charge in [0.2, 0.25) is 5.91 Å². The lowest BCUT2D eigenvalue weighted by Gasteiger charge is -2.13. The second-order valence-electron chi connectivity index (χ2n) is 5.34. The molecule has 3 nitrogen and oxygen atoms in total. The zero-order chi connectivity index (χ0) is 13.2. The highest BCUT2D eigenvalue weighted by atomic mass is 16.5. The lowest BCUT2D eigenvalue weighted by atomic mass is 10.1. The average Bonchev–Trinajstić information content (AvgIpc) is 3.08. The first kappa shape index (κ1) is 12.9. The van der Waals surface area contributed by atoms with Crippen LogP contribution in [0.4, 0.5) is 5.69 Å². The summed E-state index contributed by atoms with van der Waals surface area (Å²) >= 11 is 0. The largest absolute Gasteiger partial charge is 0.493 e. The normalized spacial score (nSPS) is 16.2. The number of carbonyl (C=O) groups excluding carboxylic acids is 1. The second-order valence-corrected chi connectivity index (χ2v) is 5.34. The standard InChI is InChI=1S/C15H21NO2/c1-4-9-18-13-6-5-12(10-11(13)2)16-14(17)15(3)7-8-15/h5-6,10H,4,7-9H2,1-3H3,(H,16,17). The smallest absolute Gasteiger partial charge is 0.230 e. The summed E-state index contributed by atoms with van der Waals surface area (Å²) in [5.74, 6) is 1.02. The molecule has 1 saturated carbocycles. The highest BCUT2D eigenvalue weighted by Crippen LogP contribution is 2.45. The third kappa shape index (κ3) is 2.84. The van der Waals surface area contributed by atoms with Crippen LogP contribution in [0.2, 0.25) is 0 Å². The van der Waals surface area contributed by atoms with Crippen LogP contribution >= 0.6 is 0 Å². The lowest BCUT2D eigenvalue weighted by Crippen LogP contribution is -2.21. The zero-order valence-electron chi connectivity index (χ0n) is 11.4. The molecule has 1 aliphatic carbocycles. The molecule has 0 aliphatic heterocycles. The molecule has 0 radical (unpaired) electrons. The summed E-state index contributed by atoms with van der Waals surface area (Å²) in [6.45, 7) is 6.82. The number of amides is 1. The van der Waals surface area contributed by atoms with Crippen molar-refractivity contribution in [3.05, 3.63) is 23.8 Å². The van der Waals surface area contributed by atoms with Crippen LogP contribution in [0.5, 0.6) is 5.75 Å². The van der Waals surface area contributed by atoms with E-state index >= 15 is 0 Å². The monoisotopic (exact) mass is 247 g/mol. The average molecular weight is 247 g/mol. The molecule has 18 heavy (non-hydrogen) atoms. The van der Waals surface area contributed by atoms with Crippen molar-refractivity contribution < 1.29 is 9.53 Å². The second kappa shape index (κ2) is 5.01. The Morgan fingerprint density at radius 2 is 2.17 bits per heavy atom. The number of nitrogens with one attached hydrogen (secondary N) is 1. The Labute approximate surface area is 109 Å². The van der Waals surface area contributed by atoms with Crippen LogP contribution in [-0.4, -0.2) is 12.5 Å². The first-order valence-electron chi connectivity index (χ1n) is 6.60. The minimum absolute atomic E-state index is 0.129. The summed E-state index contributed by atoms with van der Waals surface area (Å²) in [7, 11) is 0. The van der Waals surface area contributed by atoms with Crippen LogP contribution in [0.25, 0.3) is 0 Å². The van der Waals surface area contributed by atoms with Gasteiger partial charge in [-0.05, 0) is 49.9 Å². The van der Waals surface area contributed by atoms with Gasteiger partial charge >= 0.3 is 0 Å². The molecule has 1 aromatic carbocycles. The van der Waals surface area contributed by atoms with Gasteiger partial charge in [0.15, 0.2) is 0 Å². The molecule has 0 heterocycles. The number of benzene rings is 1. The fourth-order valence-electron chi connectivity index (χ4n) is 1.80. The minimum atomic E-state index is -0.134. The molecular formula is C15H21NO2. The fraction of sp³-hybridized carbons (Fsp3) is 0.533. The lowest BCUT2D eigenvalue weighted by molar-refractivity contribution is -0.120. The molecule has 2 rings (SSSR count). The van der Waals surface area contributed by atoms with Crippen molar-refractivity contribution in [1.82, 2.24) is 0 Å². The van der Waals surface area contributed by atoms with Gasteiger partial charge in [0, 0.05) is 11.1 Å². The van der Waals surface area contributed by atoms with Gasteiger partial charge in [0.25, 0.3) is 0 Å². The molecule has 0 spiro atoms. The molecule has 1 N–H and O–H groups in total. The number of carbonyl (C=O) groups is 1. The van der Waals surface area contributed by atoms with Crippen molar-refractivity contribution in [3.8, 4) is 5.75 Å². The van der Waals surface area contributed by atoms with Gasteiger partial charge in [0.1, 0.15) is 5.75 Å². The SMILES string of the molecule is CCCOc1ccc(NC(=O)C2(C)CC2)cc1C. The predicted molar refractivity (Wildman–Crippen MR) is 72.9 cm³/mol. The Balaban J connectivity index is 2.02. The van der Waals surface area contributed by atoms with Crippen LogP contribution in [0.3, 0.4) is 0 Å². The van der Waals surface area contributed by atoms with Gasteiger partial charge in [-0.1, -0.05) is 13.8 Å². The molecule has 1 aromatic rings. The van der Waals surface area contributed by atoms with E-state index in [1.165, 1.54) is 0 Å². The van der Waals surface area contributed by atoms with E-state index in [2.05, 4.69) is 12.2 Å². The first-order chi connectivity index (χ1) is 8.55. The molecule has 1 fully saturated rings. The fourth-order valence-corrected chi connectivity index (χ4v) is 1.80. The summed E-state index contributed by atoms with van der Waals surface area (Å²) < 4.78 is 5.61. The summed E-state index contributed by atoms with van der Waals surface area (Å²) in [6, 6.07) is 5.80. The van der Waals surface area contributed by atoms with E-state index in [9.17, 15) is 4.79 Å². The molecule has 0 aromatic heterocycles. The third-order valence-electron chi connectivity index (χ3n) is 3.44. The van der Waals surface area contributed by atoms with Gasteiger partial charge < -0.3 is 10.1 Å². The maximum absolute atomic E-state index is 11.9. The molecule has 0 unspecified atom stereocenters. The maximum Gasteiger partial charge on any atom is 0.230 e. The first-order valence-corrected chi connectivity index (χ1v) is 6.60. The maximum atomic E-state index is 11.9. The summed E-state index contributed by atoms with van der Waals surface area (Å²) in [5, 5.41) is 2.97. The number of anilines is 1. The van der Waals surface area contributed by atoms with E-state index in [4.69, 9.17) is 4.74 Å². The van der Waals surface area contributed by atoms with Gasteiger partial charge in [-0.15, -0.1) is 0 Å². The van der Waals surface area contributed by atoms with E-state index in [1.807, 2.05) is 32.0 Å². The van der Waals surface area contributed by atoms with E-state index in [-0.39, 0.29) is 11.3 Å². The van der Waals surface area contributed by atoms with Gasteiger partial charge in [0.05, 0.1) is 6.61 Å². The Hall–Kier alpha value is -1.51. The molecule has 0 bridgehead atoms. The number of ether oxygens (including phenoxy) is 1. The van der Waals surface area contributed by atoms with Crippen molar-refractivity contribution in [2.75, 3.05) is 11.9 Å². The van der Waals surface area contributed by atoms with Crippen molar-refractivity contribution >= 4 is 11.6 Å². The number of hydrogen-bond donors (Lipinski definition) is 1. The summed E-state index contributed by atoms with van der Waals surface area (Å²) in [5.41, 5.74) is 1.78. The van der Waals surface area contributed by atoms with Crippen molar-refractivity contribution in [2.45, 2.75) is 40.0 Å². The Morgan fingerprint density at radius 3 is 2.72 bits per heavy atom. The van der Waals surface area contributed by atoms with Crippen LogP contribution in [-0.2, 0) is 4.79 Å². The van der Waals surface area contributed by atoms with Gasteiger partial charge in [-0.3, -0.25) is 4.79 Å². The molecule has 1 aliphatic rings.